The summed E-state index contributed by atoms with van der Waals surface area (Å²) in [7, 11) is 1.42. The maximum atomic E-state index is 11.6. The van der Waals surface area contributed by atoms with Crippen LogP contribution in [0.4, 0.5) is 0 Å². The van der Waals surface area contributed by atoms with Crippen LogP contribution in [0.1, 0.15) is 17.5 Å². The average Bonchev–Trinajstić information content (AvgIpc) is 3.35. The number of rotatable bonds is 8. The number of benzene rings is 4. The van der Waals surface area contributed by atoms with Gasteiger partial charge in [0, 0.05) is 30.1 Å². The number of esters is 1. The molecule has 0 bridgehead atoms. The van der Waals surface area contributed by atoms with E-state index in [1.165, 1.54) is 23.4 Å². The molecule has 1 aromatic heterocycles. The minimum Gasteiger partial charge on any atom is -0.493 e. The first kappa shape index (κ1) is 21.8. The van der Waals surface area contributed by atoms with Gasteiger partial charge in [0.2, 0.25) is 0 Å². The van der Waals surface area contributed by atoms with Gasteiger partial charge in [0.05, 0.1) is 13.7 Å². The molecule has 0 aliphatic heterocycles. The van der Waals surface area contributed by atoms with Crippen molar-refractivity contribution in [2.75, 3.05) is 13.7 Å². The molecule has 5 aromatic rings. The van der Waals surface area contributed by atoms with Crippen molar-refractivity contribution in [2.45, 2.75) is 19.3 Å². The van der Waals surface area contributed by atoms with Crippen LogP contribution in [0.15, 0.2) is 91.1 Å². The number of aromatic nitrogens is 1. The summed E-state index contributed by atoms with van der Waals surface area (Å²) in [5.41, 5.74) is 5.56. The van der Waals surface area contributed by atoms with E-state index in [0.29, 0.717) is 19.4 Å². The number of aryl methyl sites for hydroxylation is 1. The van der Waals surface area contributed by atoms with Gasteiger partial charge in [0.25, 0.3) is 0 Å². The smallest absolute Gasteiger partial charge is 0.305 e. The minimum atomic E-state index is -0.203. The van der Waals surface area contributed by atoms with Crippen LogP contribution in [0, 0.1) is 0 Å². The van der Waals surface area contributed by atoms with Crippen LogP contribution in [0.2, 0.25) is 0 Å². The Bertz CT molecular complexity index is 1450. The van der Waals surface area contributed by atoms with E-state index in [9.17, 15) is 4.79 Å². The van der Waals surface area contributed by atoms with E-state index in [0.717, 1.165) is 39.8 Å². The fourth-order valence-electron chi connectivity index (χ4n) is 4.33. The molecule has 170 valence electrons. The Morgan fingerprint density at radius 1 is 0.794 bits per heavy atom. The zero-order valence-electron chi connectivity index (χ0n) is 19.2. The fourth-order valence-corrected chi connectivity index (χ4v) is 4.33. The lowest BCUT2D eigenvalue weighted by Gasteiger charge is -2.14. The molecule has 1 heterocycles. The number of H-pyrrole nitrogens is 1. The molecule has 1 N–H and O–H groups in total. The van der Waals surface area contributed by atoms with E-state index in [-0.39, 0.29) is 5.97 Å². The summed E-state index contributed by atoms with van der Waals surface area (Å²) < 4.78 is 11.1. The van der Waals surface area contributed by atoms with Gasteiger partial charge in [-0.05, 0) is 69.6 Å². The first-order chi connectivity index (χ1) is 16.7. The van der Waals surface area contributed by atoms with Gasteiger partial charge >= 0.3 is 5.97 Å². The van der Waals surface area contributed by atoms with Crippen molar-refractivity contribution < 1.29 is 14.3 Å². The highest BCUT2D eigenvalue weighted by Gasteiger charge is 2.11. The van der Waals surface area contributed by atoms with Crippen LogP contribution in [0.5, 0.6) is 5.75 Å². The van der Waals surface area contributed by atoms with Crippen LogP contribution in [0.3, 0.4) is 0 Å². The quantitative estimate of drug-likeness (QED) is 0.268. The van der Waals surface area contributed by atoms with Crippen LogP contribution in [-0.2, 0) is 22.4 Å². The Hall–Kier alpha value is -4.05. The third-order valence-electron chi connectivity index (χ3n) is 6.22. The summed E-state index contributed by atoms with van der Waals surface area (Å²) in [5, 5.41) is 3.65. The Morgan fingerprint density at radius 2 is 1.62 bits per heavy atom. The maximum absolute atomic E-state index is 11.6. The molecule has 0 aliphatic rings. The van der Waals surface area contributed by atoms with Gasteiger partial charge in [0.1, 0.15) is 5.75 Å². The zero-order chi connectivity index (χ0) is 23.3. The van der Waals surface area contributed by atoms with E-state index < -0.39 is 0 Å². The normalized spacial score (nSPS) is 11.1. The molecule has 0 unspecified atom stereocenters. The lowest BCUT2D eigenvalue weighted by Crippen LogP contribution is -2.04. The summed E-state index contributed by atoms with van der Waals surface area (Å²) in [4.78, 5) is 14.9. The number of carbonyl (C=O) groups is 1. The summed E-state index contributed by atoms with van der Waals surface area (Å²) in [6, 6.07) is 29.6. The lowest BCUT2D eigenvalue weighted by atomic mass is 9.98. The topological polar surface area (TPSA) is 51.3 Å². The highest BCUT2D eigenvalue weighted by atomic mass is 16.5. The average molecular weight is 450 g/mol. The molecule has 34 heavy (non-hydrogen) atoms. The number of ether oxygens (including phenoxy) is 2. The fraction of sp³-hybridized carbons (Fsp3) is 0.167. The minimum absolute atomic E-state index is 0.203. The number of nitrogens with one attached hydrogen (secondary N) is 1. The Balaban J connectivity index is 1.38. The summed E-state index contributed by atoms with van der Waals surface area (Å²) in [5.74, 6) is 0.642. The zero-order valence-corrected chi connectivity index (χ0v) is 19.2. The molecular weight excluding hydrogens is 422 g/mol. The van der Waals surface area contributed by atoms with Crippen molar-refractivity contribution in [3.63, 3.8) is 0 Å². The molecule has 4 heteroatoms. The van der Waals surface area contributed by atoms with E-state index in [1.807, 2.05) is 18.3 Å². The van der Waals surface area contributed by atoms with Gasteiger partial charge in [-0.1, -0.05) is 54.6 Å². The van der Waals surface area contributed by atoms with E-state index in [1.54, 1.807) is 0 Å². The summed E-state index contributed by atoms with van der Waals surface area (Å²) in [6.07, 6.45) is 3.76. The van der Waals surface area contributed by atoms with Gasteiger partial charge in [0.15, 0.2) is 0 Å². The number of aromatic amines is 1. The third kappa shape index (κ3) is 4.81. The van der Waals surface area contributed by atoms with Gasteiger partial charge in [-0.2, -0.15) is 0 Å². The SMILES string of the molecule is COC(=O)CCc1ccc(OCCc2ccc3ccccc3c2)c(-c2ccc3[nH]ccc3c2)c1. The van der Waals surface area contributed by atoms with Gasteiger partial charge in [-0.15, -0.1) is 0 Å². The van der Waals surface area contributed by atoms with Gasteiger partial charge < -0.3 is 14.5 Å². The van der Waals surface area contributed by atoms with Crippen LogP contribution in [-0.4, -0.2) is 24.7 Å². The van der Waals surface area contributed by atoms with Gasteiger partial charge in [-0.25, -0.2) is 0 Å². The van der Waals surface area contributed by atoms with Gasteiger partial charge in [-0.3, -0.25) is 4.79 Å². The standard InChI is InChI=1S/C30H27NO3/c1-33-30(32)13-8-21-7-12-29(27(19-21)25-10-11-28-26(20-25)14-16-31-28)34-17-15-22-6-9-23-4-2-3-5-24(23)18-22/h2-7,9-12,14,16,18-20,31H,8,13,15,17H2,1H3. The largest absolute Gasteiger partial charge is 0.493 e. The third-order valence-corrected chi connectivity index (χ3v) is 6.22. The number of carbonyl (C=O) groups excluding carboxylic acids is 1. The van der Waals surface area contributed by atoms with E-state index in [2.05, 4.69) is 77.8 Å². The number of hydrogen-bond acceptors (Lipinski definition) is 3. The molecule has 0 fully saturated rings. The van der Waals surface area contributed by atoms with Crippen molar-refractivity contribution in [2.24, 2.45) is 0 Å². The number of methoxy groups -OCH3 is 1. The molecule has 0 saturated heterocycles. The second-order valence-corrected chi connectivity index (χ2v) is 8.47. The molecule has 0 radical (unpaired) electrons. The van der Waals surface area contributed by atoms with Crippen LogP contribution in [0.25, 0.3) is 32.8 Å². The Morgan fingerprint density at radius 3 is 2.50 bits per heavy atom. The molecular formula is C30H27NO3. The molecule has 0 aliphatic carbocycles. The first-order valence-electron chi connectivity index (χ1n) is 11.6. The highest BCUT2D eigenvalue weighted by molar-refractivity contribution is 5.86. The molecule has 0 atom stereocenters. The monoisotopic (exact) mass is 449 g/mol. The molecule has 0 amide bonds. The second kappa shape index (κ2) is 9.84. The summed E-state index contributed by atoms with van der Waals surface area (Å²) in [6.45, 7) is 0.583. The van der Waals surface area contributed by atoms with E-state index in [4.69, 9.17) is 9.47 Å². The van der Waals surface area contributed by atoms with Crippen molar-refractivity contribution >= 4 is 27.6 Å². The van der Waals surface area contributed by atoms with Crippen LogP contribution >= 0.6 is 0 Å². The predicted octanol–water partition coefficient (Wildman–Crippen LogP) is 6.72. The van der Waals surface area contributed by atoms with Crippen molar-refractivity contribution in [1.29, 1.82) is 0 Å². The van der Waals surface area contributed by atoms with Crippen molar-refractivity contribution in [1.82, 2.24) is 4.98 Å². The van der Waals surface area contributed by atoms with Crippen molar-refractivity contribution in [3.05, 3.63) is 102 Å². The van der Waals surface area contributed by atoms with Crippen LogP contribution < -0.4 is 4.74 Å². The second-order valence-electron chi connectivity index (χ2n) is 8.47. The van der Waals surface area contributed by atoms with Crippen molar-refractivity contribution in [3.8, 4) is 16.9 Å². The Kier molecular flexibility index (Phi) is 6.30. The first-order valence-corrected chi connectivity index (χ1v) is 11.6. The maximum Gasteiger partial charge on any atom is 0.305 e. The summed E-state index contributed by atoms with van der Waals surface area (Å²) >= 11 is 0. The molecule has 5 rings (SSSR count). The predicted molar refractivity (Wildman–Crippen MR) is 137 cm³/mol. The highest BCUT2D eigenvalue weighted by Crippen LogP contribution is 2.33. The molecule has 0 spiro atoms. The molecule has 4 nitrogen and oxygen atoms in total. The van der Waals surface area contributed by atoms with E-state index >= 15 is 0 Å². The molecule has 4 aromatic carbocycles. The number of hydrogen-bond donors (Lipinski definition) is 1. The molecule has 0 saturated carbocycles. The number of fused-ring (bicyclic) bond motifs is 2. The Labute approximate surface area is 199 Å². The lowest BCUT2D eigenvalue weighted by molar-refractivity contribution is -0.140.